The Balaban J connectivity index is 1.40. The number of carbonyl (C=O) groups excluding carboxylic acids is 2. The van der Waals surface area contributed by atoms with Crippen LogP contribution in [0.15, 0.2) is 88.9 Å². The van der Waals surface area contributed by atoms with E-state index < -0.39 is 27.4 Å². The number of piperazine rings is 1. The number of hydrogen-bond acceptors (Lipinski definition) is 9. The Morgan fingerprint density at radius 1 is 1.00 bits per heavy atom. The number of esters is 1. The number of ether oxygens (including phenoxy) is 1. The van der Waals surface area contributed by atoms with E-state index in [4.69, 9.17) is 4.74 Å². The molecule has 2 heterocycles. The van der Waals surface area contributed by atoms with Gasteiger partial charge >= 0.3 is 5.97 Å². The van der Waals surface area contributed by atoms with Crippen LogP contribution < -0.4 is 5.32 Å². The Labute approximate surface area is 274 Å². The average Bonchev–Trinajstić information content (AvgIpc) is 3.03. The van der Waals surface area contributed by atoms with Crippen molar-refractivity contribution < 1.29 is 32.2 Å². The van der Waals surface area contributed by atoms with Crippen molar-refractivity contribution in [2.24, 2.45) is 0 Å². The summed E-state index contributed by atoms with van der Waals surface area (Å²) in [7, 11) is -4.26. The van der Waals surface area contributed by atoms with Crippen LogP contribution in [0, 0.1) is 5.82 Å². The smallest absolute Gasteiger partial charge is 0.320 e. The van der Waals surface area contributed by atoms with Gasteiger partial charge in [-0.05, 0) is 74.0 Å². The Morgan fingerprint density at radius 2 is 1.70 bits per heavy atom. The predicted octanol–water partition coefficient (Wildman–Crippen LogP) is 4.10. The third-order valence-corrected chi connectivity index (χ3v) is 9.66. The number of rotatable bonds is 10. The van der Waals surface area contributed by atoms with Gasteiger partial charge in [0.25, 0.3) is 0 Å². The molecule has 0 spiro atoms. The van der Waals surface area contributed by atoms with E-state index >= 15 is 0 Å². The second-order valence-electron chi connectivity index (χ2n) is 12.6. The van der Waals surface area contributed by atoms with Gasteiger partial charge in [0, 0.05) is 44.3 Å². The molecular weight excluding hydrogens is 623 g/mol. The van der Waals surface area contributed by atoms with E-state index in [0.717, 1.165) is 11.6 Å². The zero-order valence-corrected chi connectivity index (χ0v) is 27.5. The predicted molar refractivity (Wildman–Crippen MR) is 175 cm³/mol. The highest BCUT2D eigenvalue weighted by molar-refractivity contribution is 7.91. The van der Waals surface area contributed by atoms with Crippen LogP contribution in [0.3, 0.4) is 0 Å². The van der Waals surface area contributed by atoms with Crippen molar-refractivity contribution in [2.45, 2.75) is 55.3 Å². The number of phenolic OH excluding ortho intramolecular Hbond substituents is 1. The molecule has 3 aromatic carbocycles. The lowest BCUT2D eigenvalue weighted by molar-refractivity contribution is -0.153. The molecule has 4 aromatic rings. The molecule has 1 unspecified atom stereocenters. The lowest BCUT2D eigenvalue weighted by atomic mass is 10.0. The lowest BCUT2D eigenvalue weighted by Gasteiger charge is -2.36. The molecule has 2 N–H and O–H groups in total. The van der Waals surface area contributed by atoms with E-state index in [9.17, 15) is 27.5 Å². The first-order valence-electron chi connectivity index (χ1n) is 15.4. The fourth-order valence-corrected chi connectivity index (χ4v) is 7.27. The topological polar surface area (TPSA) is 129 Å². The number of sulfone groups is 1. The van der Waals surface area contributed by atoms with Crippen LogP contribution in [-0.2, 0) is 37.1 Å². The van der Waals surface area contributed by atoms with Gasteiger partial charge < -0.3 is 14.7 Å². The maximum atomic E-state index is 14.1. The molecule has 0 bridgehead atoms. The number of nitrogens with zero attached hydrogens (tertiary/aromatic N) is 3. The minimum atomic E-state index is -4.26. The molecule has 1 fully saturated rings. The first-order chi connectivity index (χ1) is 22.3. The Morgan fingerprint density at radius 3 is 2.40 bits per heavy atom. The summed E-state index contributed by atoms with van der Waals surface area (Å²) in [5.74, 6) is -1.41. The summed E-state index contributed by atoms with van der Waals surface area (Å²) in [5.41, 5.74) is 0.510. The molecule has 1 amide bonds. The van der Waals surface area contributed by atoms with Crippen LogP contribution in [-0.4, -0.2) is 84.6 Å². The molecule has 12 heteroatoms. The van der Waals surface area contributed by atoms with E-state index in [0.29, 0.717) is 43.5 Å². The number of pyridine rings is 1. The third-order valence-electron chi connectivity index (χ3n) is 7.87. The number of fused-ring (bicyclic) bond motifs is 1. The van der Waals surface area contributed by atoms with Crippen LogP contribution in [0.2, 0.25) is 0 Å². The van der Waals surface area contributed by atoms with Crippen molar-refractivity contribution in [3.8, 4) is 5.75 Å². The molecule has 248 valence electrons. The van der Waals surface area contributed by atoms with E-state index in [1.807, 2.05) is 0 Å². The van der Waals surface area contributed by atoms with Gasteiger partial charge in [-0.2, -0.15) is 0 Å². The van der Waals surface area contributed by atoms with Crippen LogP contribution in [0.5, 0.6) is 5.75 Å². The number of halogens is 1. The molecule has 1 saturated heterocycles. The summed E-state index contributed by atoms with van der Waals surface area (Å²) in [6, 6.07) is 18.0. The second kappa shape index (κ2) is 14.2. The van der Waals surface area contributed by atoms with Crippen LogP contribution in [0.4, 0.5) is 4.39 Å². The number of nitrogens with one attached hydrogen (secondary N) is 1. The van der Waals surface area contributed by atoms with Crippen molar-refractivity contribution >= 4 is 32.5 Å². The molecule has 1 atom stereocenters. The summed E-state index contributed by atoms with van der Waals surface area (Å²) in [6.07, 6.45) is 1.33. The minimum Gasteiger partial charge on any atom is -0.508 e. The Kier molecular flexibility index (Phi) is 10.2. The van der Waals surface area contributed by atoms with Crippen LogP contribution in [0.25, 0.3) is 10.8 Å². The SMILES string of the molecule is CC(C)(C)OC(=O)CNC(Cc1ccc(O)cc1S(=O)(=O)c1nccc2ccccc12)C(=O)N1CCN(Cc2ccc(F)cc2)CC1. The molecule has 1 aromatic heterocycles. The molecule has 5 rings (SSSR count). The molecule has 10 nitrogen and oxygen atoms in total. The fourth-order valence-electron chi connectivity index (χ4n) is 5.62. The number of phenols is 1. The van der Waals surface area contributed by atoms with Crippen molar-refractivity contribution in [2.75, 3.05) is 32.7 Å². The number of aromatic nitrogens is 1. The quantitative estimate of drug-likeness (QED) is 0.241. The summed E-state index contributed by atoms with van der Waals surface area (Å²) in [4.78, 5) is 34.6. The van der Waals surface area contributed by atoms with Gasteiger partial charge in [-0.15, -0.1) is 0 Å². The zero-order chi connectivity index (χ0) is 33.8. The minimum absolute atomic E-state index is 0.0863. The molecule has 0 aliphatic carbocycles. The largest absolute Gasteiger partial charge is 0.508 e. The summed E-state index contributed by atoms with van der Waals surface area (Å²) in [6.45, 7) is 7.54. The highest BCUT2D eigenvalue weighted by atomic mass is 32.2. The number of carbonyl (C=O) groups is 2. The van der Waals surface area contributed by atoms with E-state index in [2.05, 4.69) is 15.2 Å². The van der Waals surface area contributed by atoms with Crippen molar-refractivity contribution in [3.05, 3.63) is 95.9 Å². The Bertz CT molecular complexity index is 1850. The van der Waals surface area contributed by atoms with Gasteiger partial charge in [-0.3, -0.25) is 19.8 Å². The van der Waals surface area contributed by atoms with Gasteiger partial charge in [0.05, 0.1) is 17.5 Å². The Hall–Kier alpha value is -4.39. The number of amides is 1. The van der Waals surface area contributed by atoms with E-state index in [1.165, 1.54) is 30.5 Å². The van der Waals surface area contributed by atoms with Gasteiger partial charge in [-0.25, -0.2) is 17.8 Å². The van der Waals surface area contributed by atoms with Gasteiger partial charge in [0.2, 0.25) is 15.7 Å². The van der Waals surface area contributed by atoms with Crippen LogP contribution >= 0.6 is 0 Å². The normalized spacial score (nSPS) is 15.0. The third kappa shape index (κ3) is 8.51. The average molecular weight is 663 g/mol. The highest BCUT2D eigenvalue weighted by Crippen LogP contribution is 2.31. The molecule has 1 aliphatic rings. The fraction of sp³-hybridized carbons (Fsp3) is 0.343. The molecule has 1 aliphatic heterocycles. The summed E-state index contributed by atoms with van der Waals surface area (Å²) < 4.78 is 47.0. The van der Waals surface area contributed by atoms with Crippen molar-refractivity contribution in [1.82, 2.24) is 20.1 Å². The van der Waals surface area contributed by atoms with Gasteiger partial charge in [0.15, 0.2) is 5.03 Å². The standard InChI is InChI=1S/C35H39FN4O6S/c1-35(2,3)46-32(42)22-38-30(34(43)40-18-16-39(17-19-40)23-24-8-11-27(36)12-9-24)20-26-10-13-28(41)21-31(26)47(44,45)33-29-7-5-4-6-25(29)14-15-37-33/h4-15,21,30,38,41H,16-20,22-23H2,1-3H3. The van der Waals surface area contributed by atoms with Gasteiger partial charge in [0.1, 0.15) is 17.2 Å². The van der Waals surface area contributed by atoms with Crippen molar-refractivity contribution in [1.29, 1.82) is 0 Å². The summed E-state index contributed by atoms with van der Waals surface area (Å²) >= 11 is 0. The number of benzene rings is 3. The second-order valence-corrected chi connectivity index (χ2v) is 14.4. The maximum Gasteiger partial charge on any atom is 0.320 e. The monoisotopic (exact) mass is 662 g/mol. The lowest BCUT2D eigenvalue weighted by Crippen LogP contribution is -2.55. The molecule has 0 saturated carbocycles. The summed E-state index contributed by atoms with van der Waals surface area (Å²) in [5, 5.41) is 14.4. The van der Waals surface area contributed by atoms with Crippen LogP contribution in [0.1, 0.15) is 31.9 Å². The molecule has 0 radical (unpaired) electrons. The number of hydrogen-bond donors (Lipinski definition) is 2. The zero-order valence-electron chi connectivity index (χ0n) is 26.6. The van der Waals surface area contributed by atoms with Crippen molar-refractivity contribution in [3.63, 3.8) is 0 Å². The maximum absolute atomic E-state index is 14.1. The highest BCUT2D eigenvalue weighted by Gasteiger charge is 2.32. The van der Waals surface area contributed by atoms with E-state index in [-0.39, 0.29) is 45.9 Å². The molecular formula is C35H39FN4O6S. The molecule has 47 heavy (non-hydrogen) atoms. The first kappa shape index (κ1) is 34.0. The van der Waals surface area contributed by atoms with E-state index in [1.54, 1.807) is 68.1 Å². The van der Waals surface area contributed by atoms with Gasteiger partial charge in [-0.1, -0.05) is 42.5 Å². The number of aromatic hydroxyl groups is 1. The first-order valence-corrected chi connectivity index (χ1v) is 16.9.